The van der Waals surface area contributed by atoms with Gasteiger partial charge in [-0.15, -0.1) is 0 Å². The van der Waals surface area contributed by atoms with Crippen molar-refractivity contribution in [2.75, 3.05) is 33.2 Å². The zero-order valence-electron chi connectivity index (χ0n) is 32.6. The summed E-state index contributed by atoms with van der Waals surface area (Å²) in [5.74, 6) is -2.71. The molecule has 2 amide bonds. The number of quaternary nitrogens is 1. The molecule has 0 spiro atoms. The van der Waals surface area contributed by atoms with Gasteiger partial charge in [-0.05, 0) is 80.1 Å². The van der Waals surface area contributed by atoms with Gasteiger partial charge in [-0.2, -0.15) is 0 Å². The van der Waals surface area contributed by atoms with Gasteiger partial charge in [-0.3, -0.25) is 10.5 Å². The molecule has 316 valence electrons. The summed E-state index contributed by atoms with van der Waals surface area (Å²) in [4.78, 5) is 38.7. The lowest BCUT2D eigenvalue weighted by atomic mass is 10.0. The minimum Gasteiger partial charge on any atom is -1.00 e. The summed E-state index contributed by atoms with van der Waals surface area (Å²) >= 11 is 5.78. The van der Waals surface area contributed by atoms with Gasteiger partial charge in [0.25, 0.3) is 5.91 Å². The maximum atomic E-state index is 14.3. The minimum absolute atomic E-state index is 0. The third-order valence-electron chi connectivity index (χ3n) is 7.92. The summed E-state index contributed by atoms with van der Waals surface area (Å²) in [5, 5.41) is 0.307. The second-order valence-electron chi connectivity index (χ2n) is 12.0. The molecule has 0 radical (unpaired) electrons. The molecule has 0 atom stereocenters. The summed E-state index contributed by atoms with van der Waals surface area (Å²) in [6.45, 7) is 4.60. The second-order valence-corrected chi connectivity index (χ2v) is 12.4. The van der Waals surface area contributed by atoms with Gasteiger partial charge >= 0.3 is 5.91 Å². The van der Waals surface area contributed by atoms with Crippen LogP contribution in [0.4, 0.5) is 23.2 Å². The summed E-state index contributed by atoms with van der Waals surface area (Å²) in [6, 6.07) is 16.8. The van der Waals surface area contributed by atoms with Crippen LogP contribution in [-0.2, 0) is 6.42 Å². The number of hydrogen-bond donors (Lipinski definition) is 3. The average Bonchev–Trinajstić information content (AvgIpc) is 3.19. The number of ether oxygens (including phenoxy) is 4. The van der Waals surface area contributed by atoms with Crippen molar-refractivity contribution in [3.63, 3.8) is 0 Å². The van der Waals surface area contributed by atoms with Crippen LogP contribution in [-0.4, -0.2) is 59.2 Å². The van der Waals surface area contributed by atoms with Gasteiger partial charge in [-0.1, -0.05) is 11.6 Å². The number of hydrogen-bond acceptors (Lipinski definition) is 11. The molecule has 13 nitrogen and oxygen atoms in total. The van der Waals surface area contributed by atoms with Gasteiger partial charge in [0, 0.05) is 41.1 Å². The molecule has 19 heteroatoms. The van der Waals surface area contributed by atoms with E-state index in [2.05, 4.69) is 25.7 Å². The number of carbonyl (C=O) groups excluding carboxylic acids is 2. The fourth-order valence-electron chi connectivity index (χ4n) is 5.47. The third-order valence-corrected chi connectivity index (χ3v) is 8.13. The van der Waals surface area contributed by atoms with E-state index in [0.29, 0.717) is 63.6 Å². The number of carbonyl (C=O) groups is 2. The van der Waals surface area contributed by atoms with Gasteiger partial charge in [0.1, 0.15) is 46.5 Å². The monoisotopic (exact) mass is 871 g/mol. The first-order chi connectivity index (χ1) is 28.2. The number of primary amides is 1. The van der Waals surface area contributed by atoms with Crippen molar-refractivity contribution in [3.05, 3.63) is 136 Å². The topological polar surface area (TPSA) is 202 Å². The molecular formula is C41H39Cl2F4N7O6. The summed E-state index contributed by atoms with van der Waals surface area (Å²) in [6.07, 6.45) is 2.87. The predicted octanol–water partition coefficient (Wildman–Crippen LogP) is 3.66. The van der Waals surface area contributed by atoms with Gasteiger partial charge in [0.05, 0.1) is 44.4 Å². The molecule has 2 heterocycles. The fourth-order valence-corrected chi connectivity index (χ4v) is 5.62. The first-order valence-corrected chi connectivity index (χ1v) is 17.9. The smallest absolute Gasteiger partial charge is 0.344 e. The predicted molar refractivity (Wildman–Crippen MR) is 211 cm³/mol. The molecule has 0 unspecified atom stereocenters. The van der Waals surface area contributed by atoms with Crippen molar-refractivity contribution >= 4 is 29.1 Å². The average molecular weight is 873 g/mol. The molecule has 7 N–H and O–H groups in total. The zero-order valence-corrected chi connectivity index (χ0v) is 34.1. The molecule has 60 heavy (non-hydrogen) atoms. The Balaban J connectivity index is 0.000000263. The van der Waals surface area contributed by atoms with Gasteiger partial charge < -0.3 is 42.8 Å². The quantitative estimate of drug-likeness (QED) is 0.0921. The molecule has 0 aliphatic heterocycles. The van der Waals surface area contributed by atoms with Crippen LogP contribution in [0, 0.1) is 23.3 Å². The molecular weight excluding hydrogens is 833 g/mol. The van der Waals surface area contributed by atoms with Gasteiger partial charge in [-0.25, -0.2) is 42.3 Å². The van der Waals surface area contributed by atoms with Gasteiger partial charge in [0.15, 0.2) is 23.1 Å². The van der Waals surface area contributed by atoms with Crippen LogP contribution in [0.2, 0.25) is 5.15 Å². The van der Waals surface area contributed by atoms with E-state index < -0.39 is 29.3 Å². The largest absolute Gasteiger partial charge is 1.00 e. The number of anilines is 1. The van der Waals surface area contributed by atoms with E-state index in [1.165, 1.54) is 75.4 Å². The molecule has 0 bridgehead atoms. The Kier molecular flexibility index (Phi) is 18.0. The van der Waals surface area contributed by atoms with Crippen molar-refractivity contribution in [3.8, 4) is 45.5 Å². The van der Waals surface area contributed by atoms with E-state index in [-0.39, 0.29) is 53.0 Å². The first kappa shape index (κ1) is 47.8. The number of methoxy groups -OCH3 is 2. The second kappa shape index (κ2) is 22.6. The van der Waals surface area contributed by atoms with Crippen molar-refractivity contribution in [2.45, 2.75) is 20.3 Å². The van der Waals surface area contributed by atoms with Gasteiger partial charge in [0.2, 0.25) is 0 Å². The molecule has 0 aliphatic carbocycles. The van der Waals surface area contributed by atoms with Crippen LogP contribution in [0.5, 0.6) is 23.0 Å². The maximum absolute atomic E-state index is 14.3. The maximum Gasteiger partial charge on any atom is 0.344 e. The first-order valence-electron chi connectivity index (χ1n) is 17.5. The van der Waals surface area contributed by atoms with E-state index in [1.54, 1.807) is 18.2 Å². The number of benzene rings is 4. The lowest BCUT2D eigenvalue weighted by Gasteiger charge is -2.12. The van der Waals surface area contributed by atoms with E-state index in [1.807, 2.05) is 13.8 Å². The van der Waals surface area contributed by atoms with Crippen LogP contribution in [0.1, 0.15) is 45.8 Å². The molecule has 0 aliphatic rings. The summed E-state index contributed by atoms with van der Waals surface area (Å²) in [5.41, 5.74) is 17.1. The van der Waals surface area contributed by atoms with E-state index in [0.717, 1.165) is 6.07 Å². The minimum atomic E-state index is -0.799. The number of rotatable bonds is 12. The highest BCUT2D eigenvalue weighted by molar-refractivity contribution is 6.29. The number of nitrogens with zero attached hydrogens (tertiary/aromatic N) is 4. The Bertz CT molecular complexity index is 2450. The fraction of sp³-hybridized carbons (Fsp3) is 0.171. The molecule has 6 aromatic rings. The molecule has 2 aromatic heterocycles. The summed E-state index contributed by atoms with van der Waals surface area (Å²) < 4.78 is 74.9. The van der Waals surface area contributed by atoms with Crippen LogP contribution >= 0.6 is 11.6 Å². The lowest BCUT2D eigenvalue weighted by Crippen LogP contribution is -3.00. The SMILES string of the molecule is CCOc1ccc(F)cc1-c1cc(Cc2cc(F)c(OC)c(C(N)=O)c2)ncn1.CCOc1ccc(F)cc1-c1cc(Cl)ncn1.COc1c(F)cc(N)cc1C([NH3+])=O.[Cl-]. The standard InChI is InChI=1S/C21H19F2N3O3.C12H10ClFN2O.C8H9FN2O2.ClH/c1-3-29-19-5-4-13(22)9-15(19)18-10-14(25-11-26-18)6-12-7-16(21(24)27)20(28-2)17(23)8-12;1-2-17-11-4-3-8(14)5-9(11)10-6-12(13)16-7-15-10;1-13-7-5(8(11)12)2-4(10)3-6(7)9;/h4-5,7-11H,3,6H2,1-2H3,(H2,24,27);3-7H,2H2,1H3;2-3H,10H2,1H3,(H2,11,12);1H. The molecule has 0 saturated carbocycles. The van der Waals surface area contributed by atoms with Crippen molar-refractivity contribution in [1.29, 1.82) is 0 Å². The van der Waals surface area contributed by atoms with E-state index in [4.69, 9.17) is 42.0 Å². The Hall–Kier alpha value is -6.56. The lowest BCUT2D eigenvalue weighted by molar-refractivity contribution is -0.255. The molecule has 4 aromatic carbocycles. The zero-order chi connectivity index (χ0) is 43.2. The Morgan fingerprint density at radius 1 is 0.700 bits per heavy atom. The van der Waals surface area contributed by atoms with Crippen molar-refractivity contribution in [2.24, 2.45) is 5.73 Å². The van der Waals surface area contributed by atoms with Crippen molar-refractivity contribution in [1.82, 2.24) is 19.9 Å². The molecule has 0 saturated heterocycles. The Morgan fingerprint density at radius 2 is 1.22 bits per heavy atom. The number of halogens is 6. The number of nitrogens with two attached hydrogens (primary N) is 2. The number of aromatic nitrogens is 4. The normalized spacial score (nSPS) is 10.2. The van der Waals surface area contributed by atoms with Crippen molar-refractivity contribution < 1.29 is 64.2 Å². The van der Waals surface area contributed by atoms with Crippen LogP contribution in [0.25, 0.3) is 22.5 Å². The highest BCUT2D eigenvalue weighted by Crippen LogP contribution is 2.32. The number of amides is 2. The molecule has 0 fully saturated rings. The van der Waals surface area contributed by atoms with Crippen LogP contribution in [0.3, 0.4) is 0 Å². The van der Waals surface area contributed by atoms with E-state index in [9.17, 15) is 27.2 Å². The Morgan fingerprint density at radius 3 is 1.72 bits per heavy atom. The highest BCUT2D eigenvalue weighted by atomic mass is 35.5. The van der Waals surface area contributed by atoms with E-state index >= 15 is 0 Å². The van der Waals surface area contributed by atoms with Crippen LogP contribution in [0.15, 0.2) is 85.5 Å². The van der Waals surface area contributed by atoms with Crippen LogP contribution < -0.4 is 48.6 Å². The molecule has 6 rings (SSSR count). The summed E-state index contributed by atoms with van der Waals surface area (Å²) in [7, 11) is 2.54. The Labute approximate surface area is 353 Å². The third kappa shape index (κ3) is 12.7. The highest BCUT2D eigenvalue weighted by Gasteiger charge is 2.19. The number of nitrogen functional groups attached to an aromatic ring is 1.